The molecule has 12 aliphatic rings. The molecular weight excluding hydrogens is 1660 g/mol. The molecule has 0 radical (unpaired) electrons. The van der Waals surface area contributed by atoms with E-state index in [0.29, 0.717) is 0 Å². The molecule has 0 spiro atoms. The molecule has 0 unspecified atom stereocenters. The number of Topliss-reactive ketones (excluding diaryl/α,β-unsaturated/α-hetero) is 1. The van der Waals surface area contributed by atoms with Gasteiger partial charge in [-0.2, -0.15) is 8.42 Å². The predicted octanol–water partition coefficient (Wildman–Crippen LogP) is -23.5. The third kappa shape index (κ3) is 23.5. The molecule has 12 fully saturated rings. The fourth-order valence-electron chi connectivity index (χ4n) is 16.2. The molecule has 121 heavy (non-hydrogen) atoms. The van der Waals surface area contributed by atoms with E-state index >= 15 is 0 Å². The lowest BCUT2D eigenvalue weighted by molar-refractivity contribution is -0.420. The molecule has 4 aliphatic carbocycles. The summed E-state index contributed by atoms with van der Waals surface area (Å²) in [6.07, 6.45) is -46.9. The van der Waals surface area contributed by atoms with Crippen LogP contribution in [0, 0.1) is 0 Å². The number of aliphatic hydroxyl groups is 21. The number of rotatable bonds is 20. The van der Waals surface area contributed by atoms with Gasteiger partial charge in [0.25, 0.3) is 5.79 Å². The summed E-state index contributed by atoms with van der Waals surface area (Å²) in [5.74, 6) is -2.76. The van der Waals surface area contributed by atoms with E-state index in [-0.39, 0.29) is 45.3 Å². The van der Waals surface area contributed by atoms with Crippen molar-refractivity contribution >= 4 is 16.2 Å². The summed E-state index contributed by atoms with van der Waals surface area (Å²) in [7, 11) is -1.43. The molecule has 0 aromatic heterocycles. The van der Waals surface area contributed by atoms with Crippen molar-refractivity contribution in [3.63, 3.8) is 0 Å². The molecule has 8 saturated heterocycles. The minimum absolute atomic E-state index is 0.00220. The largest absolute Gasteiger partial charge is 0.394 e. The van der Waals surface area contributed by atoms with Gasteiger partial charge in [0, 0.05) is 62.3 Å². The van der Waals surface area contributed by atoms with Crippen molar-refractivity contribution in [2.24, 2.45) is 68.8 Å². The van der Waals surface area contributed by atoms with Gasteiger partial charge >= 0.3 is 10.4 Å². The Labute approximate surface area is 691 Å². The Morgan fingerprint density at radius 1 is 0.364 bits per heavy atom. The van der Waals surface area contributed by atoms with Crippen LogP contribution in [0.1, 0.15) is 32.6 Å². The maximum absolute atomic E-state index is 12.2. The second-order valence-electron chi connectivity index (χ2n) is 31.7. The number of ether oxygens (including phenoxy) is 15. The Bertz CT molecular complexity index is 3030. The smallest absolute Gasteiger partial charge is 0.394 e. The number of nitrogens with one attached hydrogen (secondary N) is 2. The molecule has 8 aliphatic heterocycles. The average Bonchev–Trinajstić information content (AvgIpc) is 1.70. The molecule has 56 heteroatoms. The average molecular weight is 1790 g/mol. The van der Waals surface area contributed by atoms with Gasteiger partial charge in [0.1, 0.15) is 165 Å². The number of fused-ring (bicyclic) bond motifs is 2. The molecule has 12 rings (SSSR count). The van der Waals surface area contributed by atoms with E-state index in [1.807, 2.05) is 0 Å². The fraction of sp³-hybridized carbons (Fsp3) is 0.985. The molecular formula is C65H128N14O41S. The lowest BCUT2D eigenvalue weighted by Gasteiger charge is -2.55. The first-order valence-electron chi connectivity index (χ1n) is 39.1. The van der Waals surface area contributed by atoms with Crippen molar-refractivity contribution in [1.29, 1.82) is 0 Å². The lowest BCUT2D eigenvalue weighted by Crippen LogP contribution is -2.77. The second kappa shape index (κ2) is 44.4. The molecule has 4 saturated carbocycles. The van der Waals surface area contributed by atoms with Gasteiger partial charge in [-0.1, -0.05) is 0 Å². The topological polar surface area (TPSA) is 991 Å². The van der Waals surface area contributed by atoms with Crippen molar-refractivity contribution in [2.75, 3.05) is 53.6 Å². The van der Waals surface area contributed by atoms with Gasteiger partial charge in [-0.25, -0.2) is 0 Å². The predicted molar refractivity (Wildman–Crippen MR) is 396 cm³/mol. The van der Waals surface area contributed by atoms with Crippen LogP contribution >= 0.6 is 0 Å². The summed E-state index contributed by atoms with van der Waals surface area (Å²) in [6, 6.07) is -9.44. The summed E-state index contributed by atoms with van der Waals surface area (Å²) < 4.78 is 116. The fourth-order valence-corrected chi connectivity index (χ4v) is 16.2. The van der Waals surface area contributed by atoms with Crippen molar-refractivity contribution in [2.45, 2.75) is 344 Å². The third-order valence-corrected chi connectivity index (χ3v) is 23.3. The summed E-state index contributed by atoms with van der Waals surface area (Å²) in [5.41, 5.74) is 70.9. The molecule has 0 aromatic carbocycles. The minimum Gasteiger partial charge on any atom is -0.394 e. The maximum Gasteiger partial charge on any atom is 0.394 e. The van der Waals surface area contributed by atoms with Crippen LogP contribution in [0.4, 0.5) is 0 Å². The molecule has 55 nitrogen and oxygen atoms in total. The van der Waals surface area contributed by atoms with Crippen LogP contribution in [0.5, 0.6) is 0 Å². The standard InChI is InChI=1S/3C17H34N4O10.C14H24N2O7.H2O4S/c3*18-2-6-10(24)12(26)8(21)16(28-6)30-14-5(20)1-4(19)9(23)15(14)31-17-13(27)11(25)7(3-22)29-17;1-5-4-6(17)14(20)13(21-5)22-12-10(19)7(15-2)9(18)8(16-3)11(12)23-14;1-5(2,3)4/h3*4-17,22-27H,1-3,18-21H2;5,7-13,15-16,18-20H,4H2,1-3H3;(H2,1,2,3,4)/t3*4-,5+,6-,7-,8-,9+,10-,11-,12-,13-,14-,15-,16-,17+;5-,7-,8+,9+,10+,11-,12-,13+,14+;/m1111./s1. The maximum atomic E-state index is 12.2. The summed E-state index contributed by atoms with van der Waals surface area (Å²) in [5, 5.41) is 218. The zero-order valence-corrected chi connectivity index (χ0v) is 66.7. The Kier molecular flexibility index (Phi) is 38.2. The number of carbonyl (C=O) groups excluding carboxylic acids is 1. The highest BCUT2D eigenvalue weighted by molar-refractivity contribution is 7.79. The van der Waals surface area contributed by atoms with Crippen molar-refractivity contribution in [3.05, 3.63) is 0 Å². The van der Waals surface area contributed by atoms with Crippen LogP contribution in [-0.4, -0.2) is 496 Å². The van der Waals surface area contributed by atoms with Crippen molar-refractivity contribution in [3.8, 4) is 0 Å². The molecule has 0 bridgehead atoms. The van der Waals surface area contributed by atoms with Crippen LogP contribution < -0.4 is 79.4 Å². The van der Waals surface area contributed by atoms with E-state index in [1.54, 1.807) is 21.0 Å². The van der Waals surface area contributed by atoms with Gasteiger partial charge in [-0.15, -0.1) is 0 Å². The molecule has 8 heterocycles. The minimum atomic E-state index is -4.67. The van der Waals surface area contributed by atoms with Crippen molar-refractivity contribution < 1.29 is 201 Å². The normalized spacial score (nSPS) is 51.9. The van der Waals surface area contributed by atoms with Gasteiger partial charge in [0.15, 0.2) is 43.5 Å². The van der Waals surface area contributed by atoms with E-state index < -0.39 is 348 Å². The first-order valence-corrected chi connectivity index (χ1v) is 40.5. The zero-order chi connectivity index (χ0) is 90.5. The first-order chi connectivity index (χ1) is 56.6. The Hall–Kier alpha value is -2.46. The molecule has 0 aromatic rings. The lowest BCUT2D eigenvalue weighted by atomic mass is 9.80. The molecule has 51 atom stereocenters. The number of nitrogens with two attached hydrogens (primary N) is 12. The van der Waals surface area contributed by atoms with E-state index in [1.165, 1.54) is 0 Å². The van der Waals surface area contributed by atoms with E-state index in [9.17, 15) is 112 Å². The van der Waals surface area contributed by atoms with Gasteiger partial charge < -0.3 is 258 Å². The number of ketones is 1. The highest BCUT2D eigenvalue weighted by Gasteiger charge is 2.65. The second-order valence-corrected chi connectivity index (χ2v) is 32.6. The highest BCUT2D eigenvalue weighted by Crippen LogP contribution is 2.42. The molecule has 0 amide bonds. The van der Waals surface area contributed by atoms with E-state index in [4.69, 9.17) is 157 Å². The highest BCUT2D eigenvalue weighted by atomic mass is 32.3. The first kappa shape index (κ1) is 104. The number of carbonyl (C=O) groups is 1. The van der Waals surface area contributed by atoms with Gasteiger partial charge in [0.05, 0.1) is 80.5 Å². The summed E-state index contributed by atoms with van der Waals surface area (Å²) >= 11 is 0. The molecule has 710 valence electrons. The zero-order valence-electron chi connectivity index (χ0n) is 65.9. The Morgan fingerprint density at radius 3 is 0.901 bits per heavy atom. The van der Waals surface area contributed by atoms with Gasteiger partial charge in [-0.3, -0.25) is 13.9 Å². The Morgan fingerprint density at radius 2 is 0.636 bits per heavy atom. The van der Waals surface area contributed by atoms with E-state index in [2.05, 4.69) is 10.6 Å². The third-order valence-electron chi connectivity index (χ3n) is 23.3. The van der Waals surface area contributed by atoms with Crippen LogP contribution in [0.3, 0.4) is 0 Å². The number of hydrogen-bond donors (Lipinski definition) is 37. The monoisotopic (exact) mass is 1790 g/mol. The summed E-state index contributed by atoms with van der Waals surface area (Å²) in [6.45, 7) is -0.325. The number of aliphatic hydroxyl groups excluding tert-OH is 20. The summed E-state index contributed by atoms with van der Waals surface area (Å²) in [4.78, 5) is 12.2. The van der Waals surface area contributed by atoms with Gasteiger partial charge in [-0.05, 0) is 40.3 Å². The Balaban J connectivity index is 0.000000198. The number of likely N-dealkylation sites (N-methyl/N-ethyl adjacent to an activating group) is 2. The SMILES string of the molecule is CN[C@@H]1[C@H](O)[C@H](NC)[C@H]2O[C@@]3(O)C(=O)C[C@@H](C)O[C@H]3O[C@@H]2[C@H]1O.NC[C@H]1O[C@H](O[C@H]2[C@H](O[C@@H]3O[C@H](CO)[C@@H](O)[C@H]3O)[C@@H](O)[C@H](N)C[C@@H]2N)[C@H](N)[C@@H](O)[C@@H]1O.NC[C@H]1O[C@H](O[C@H]2[C@H](O[C@@H]3O[C@H](CO)[C@@H](O)[C@H]3O)[C@@H](O)[C@H](N)C[C@@H]2N)[C@H](N)[C@@H](O)[C@@H]1O.NC[C@H]1O[C@H](O[C@H]2[C@H](O[C@@H]3O[C@H](CO)[C@@H](O)[C@H]3O)[C@@H](O)[C@H](N)C[C@@H]2N)[C@H](N)[C@@H](O)[C@@H]1O.O=S(=O)(O)O. The van der Waals surface area contributed by atoms with Crippen LogP contribution in [0.15, 0.2) is 0 Å². The van der Waals surface area contributed by atoms with Crippen LogP contribution in [-0.2, 0) is 86.2 Å². The van der Waals surface area contributed by atoms with E-state index in [0.717, 1.165) is 0 Å². The quantitative estimate of drug-likeness (QED) is 0.0503. The number of hydrogen-bond acceptors (Lipinski definition) is 53. The van der Waals surface area contributed by atoms with Crippen molar-refractivity contribution in [1.82, 2.24) is 10.6 Å². The molecule has 49 N–H and O–H groups in total. The van der Waals surface area contributed by atoms with Crippen LogP contribution in [0.25, 0.3) is 0 Å². The van der Waals surface area contributed by atoms with Gasteiger partial charge in [0.2, 0.25) is 6.29 Å². The van der Waals surface area contributed by atoms with Crippen LogP contribution in [0.2, 0.25) is 0 Å².